The van der Waals surface area contributed by atoms with Crippen molar-refractivity contribution in [1.29, 1.82) is 0 Å². The van der Waals surface area contributed by atoms with Gasteiger partial charge in [-0.1, -0.05) is 240 Å². The Labute approximate surface area is 251 Å². The lowest BCUT2D eigenvalue weighted by Crippen LogP contribution is -2.16. The molecule has 0 saturated carbocycles. The molecule has 2 unspecified atom stereocenters. The van der Waals surface area contributed by atoms with Crippen LogP contribution in [0.5, 0.6) is 0 Å². The van der Waals surface area contributed by atoms with E-state index in [0.717, 1.165) is 11.8 Å². The maximum atomic E-state index is 2.36. The van der Waals surface area contributed by atoms with E-state index in [4.69, 9.17) is 0 Å². The first kappa shape index (κ1) is 39.0. The van der Waals surface area contributed by atoms with Crippen molar-refractivity contribution in [3.8, 4) is 0 Å². The molecule has 0 N–H and O–H groups in total. The van der Waals surface area contributed by atoms with E-state index in [0.29, 0.717) is 0 Å². The van der Waals surface area contributed by atoms with E-state index in [1.165, 1.54) is 186 Å². The minimum Gasteiger partial charge on any atom is -0.0654 e. The zero-order chi connectivity index (χ0) is 28.5. The summed E-state index contributed by atoms with van der Waals surface area (Å²) in [7, 11) is 0. The quantitative estimate of drug-likeness (QED) is 0.0701. The Balaban J connectivity index is 4.62. The number of hydrogen-bond acceptors (Lipinski definition) is 0. The van der Waals surface area contributed by atoms with Gasteiger partial charge in [0.15, 0.2) is 0 Å². The van der Waals surface area contributed by atoms with Crippen LogP contribution in [-0.4, -0.2) is 0 Å². The monoisotopic (exact) mass is 549 g/mol. The van der Waals surface area contributed by atoms with Crippen LogP contribution in [0.15, 0.2) is 0 Å². The Morgan fingerprint density at radius 2 is 0.359 bits per heavy atom. The van der Waals surface area contributed by atoms with Crippen molar-refractivity contribution in [2.45, 2.75) is 240 Å². The Hall–Kier alpha value is 0. The lowest BCUT2D eigenvalue weighted by atomic mass is 9.78. The van der Waals surface area contributed by atoms with Crippen molar-refractivity contribution in [3.63, 3.8) is 0 Å². The second kappa shape index (κ2) is 34.2. The van der Waals surface area contributed by atoms with Gasteiger partial charge in [0.1, 0.15) is 0 Å². The minimum absolute atomic E-state index is 1.03. The van der Waals surface area contributed by atoms with Gasteiger partial charge in [-0.15, -0.1) is 0 Å². The van der Waals surface area contributed by atoms with E-state index in [9.17, 15) is 0 Å². The predicted octanol–water partition coefficient (Wildman–Crippen LogP) is 15.2. The van der Waals surface area contributed by atoms with Gasteiger partial charge in [0.2, 0.25) is 0 Å². The molecule has 0 nitrogen and oxygen atoms in total. The van der Waals surface area contributed by atoms with Crippen LogP contribution >= 0.6 is 0 Å². The third-order valence-corrected chi connectivity index (χ3v) is 9.63. The minimum atomic E-state index is 1.03. The van der Waals surface area contributed by atoms with E-state index < -0.39 is 0 Å². The van der Waals surface area contributed by atoms with Gasteiger partial charge in [-0.05, 0) is 11.8 Å². The van der Waals surface area contributed by atoms with Crippen molar-refractivity contribution in [1.82, 2.24) is 0 Å². The van der Waals surface area contributed by atoms with Crippen LogP contribution < -0.4 is 0 Å². The van der Waals surface area contributed by atoms with Crippen LogP contribution in [0.2, 0.25) is 0 Å². The molecule has 0 aliphatic heterocycles. The van der Waals surface area contributed by atoms with Gasteiger partial charge in [-0.2, -0.15) is 0 Å². The van der Waals surface area contributed by atoms with Crippen molar-refractivity contribution >= 4 is 0 Å². The van der Waals surface area contributed by atoms with Crippen molar-refractivity contribution in [3.05, 3.63) is 0 Å². The highest BCUT2D eigenvalue weighted by molar-refractivity contribution is 4.72. The maximum Gasteiger partial charge on any atom is -0.0386 e. The molecule has 0 rings (SSSR count). The molecule has 0 bridgehead atoms. The molecule has 0 aromatic heterocycles. The third kappa shape index (κ3) is 29.3. The average molecular weight is 549 g/mol. The van der Waals surface area contributed by atoms with E-state index in [1.807, 2.05) is 0 Å². The zero-order valence-electron chi connectivity index (χ0n) is 28.5. The van der Waals surface area contributed by atoms with Gasteiger partial charge in [0, 0.05) is 0 Å². The van der Waals surface area contributed by atoms with Crippen molar-refractivity contribution in [2.24, 2.45) is 11.8 Å². The molecule has 0 amide bonds. The topological polar surface area (TPSA) is 0 Å². The van der Waals surface area contributed by atoms with Crippen LogP contribution in [0.3, 0.4) is 0 Å². The van der Waals surface area contributed by atoms with E-state index >= 15 is 0 Å². The van der Waals surface area contributed by atoms with Crippen molar-refractivity contribution < 1.29 is 0 Å². The average Bonchev–Trinajstić information content (AvgIpc) is 2.95. The fraction of sp³-hybridized carbons (Fsp3) is 1.00. The largest absolute Gasteiger partial charge is 0.0654 e. The maximum absolute atomic E-state index is 2.36. The predicted molar refractivity (Wildman–Crippen MR) is 182 cm³/mol. The first-order chi connectivity index (χ1) is 19.3. The summed E-state index contributed by atoms with van der Waals surface area (Å²) in [4.78, 5) is 0. The number of rotatable bonds is 34. The third-order valence-electron chi connectivity index (χ3n) is 9.63. The first-order valence-corrected chi connectivity index (χ1v) is 19.3. The highest BCUT2D eigenvalue weighted by Crippen LogP contribution is 2.33. The molecule has 0 aliphatic carbocycles. The van der Waals surface area contributed by atoms with Gasteiger partial charge in [0.25, 0.3) is 0 Å². The summed E-state index contributed by atoms with van der Waals surface area (Å²) in [6.45, 7) is 9.36. The van der Waals surface area contributed by atoms with Gasteiger partial charge in [0.05, 0.1) is 0 Å². The highest BCUT2D eigenvalue weighted by Gasteiger charge is 2.20. The van der Waals surface area contributed by atoms with Crippen LogP contribution in [0.4, 0.5) is 0 Å². The molecule has 0 aromatic rings. The molecule has 0 spiro atoms. The number of unbranched alkanes of at least 4 members (excludes halogenated alkanes) is 25. The summed E-state index contributed by atoms with van der Waals surface area (Å²) in [5.41, 5.74) is 0. The summed E-state index contributed by atoms with van der Waals surface area (Å²) in [6, 6.07) is 0. The molecule has 0 aliphatic rings. The summed E-state index contributed by atoms with van der Waals surface area (Å²) in [5.74, 6) is 2.06. The highest BCUT2D eigenvalue weighted by atomic mass is 14.3. The Kier molecular flexibility index (Phi) is 34.2. The first-order valence-electron chi connectivity index (χ1n) is 19.3. The van der Waals surface area contributed by atoms with Gasteiger partial charge >= 0.3 is 0 Å². The fourth-order valence-electron chi connectivity index (χ4n) is 6.86. The SMILES string of the molecule is CCCCCCCCCCCC(CCCCCCC)C(CCCCCCCC)CCCCCCCCCCC. The van der Waals surface area contributed by atoms with Crippen LogP contribution in [0.25, 0.3) is 0 Å². The van der Waals surface area contributed by atoms with E-state index in [2.05, 4.69) is 27.7 Å². The number of hydrogen-bond donors (Lipinski definition) is 0. The molecule has 2 atom stereocenters. The standard InChI is InChI=1S/C39H80/c1-5-9-13-17-20-22-24-28-32-36-38(34-30-26-16-12-8-4)39(35-31-27-19-15-11-7-3)37-33-29-25-23-21-18-14-10-6-2/h38-39H,5-37H2,1-4H3. The molecule has 0 heteroatoms. The fourth-order valence-corrected chi connectivity index (χ4v) is 6.86. The zero-order valence-corrected chi connectivity index (χ0v) is 28.5. The molecular weight excluding hydrogens is 468 g/mol. The summed E-state index contributed by atoms with van der Waals surface area (Å²) in [6.07, 6.45) is 48.7. The second-order valence-electron chi connectivity index (χ2n) is 13.5. The Morgan fingerprint density at radius 3 is 0.538 bits per heavy atom. The van der Waals surface area contributed by atoms with Crippen molar-refractivity contribution in [2.75, 3.05) is 0 Å². The van der Waals surface area contributed by atoms with Crippen LogP contribution in [0, 0.1) is 11.8 Å². The molecule has 0 fully saturated rings. The van der Waals surface area contributed by atoms with Gasteiger partial charge in [-0.3, -0.25) is 0 Å². The molecule has 39 heavy (non-hydrogen) atoms. The normalized spacial score (nSPS) is 13.2. The second-order valence-corrected chi connectivity index (χ2v) is 13.5. The molecule has 0 heterocycles. The Morgan fingerprint density at radius 1 is 0.205 bits per heavy atom. The van der Waals surface area contributed by atoms with E-state index in [1.54, 1.807) is 25.7 Å². The molecule has 0 aromatic carbocycles. The van der Waals surface area contributed by atoms with Crippen LogP contribution in [0.1, 0.15) is 240 Å². The smallest absolute Gasteiger partial charge is 0.0386 e. The van der Waals surface area contributed by atoms with E-state index in [-0.39, 0.29) is 0 Å². The summed E-state index contributed by atoms with van der Waals surface area (Å²) < 4.78 is 0. The summed E-state index contributed by atoms with van der Waals surface area (Å²) in [5, 5.41) is 0. The molecule has 0 saturated heterocycles. The molecule has 236 valence electrons. The summed E-state index contributed by atoms with van der Waals surface area (Å²) >= 11 is 0. The lowest BCUT2D eigenvalue weighted by Gasteiger charge is -2.28. The van der Waals surface area contributed by atoms with Gasteiger partial charge in [-0.25, -0.2) is 0 Å². The molecule has 0 radical (unpaired) electrons. The Bertz CT molecular complexity index is 412. The molecular formula is C39H80. The van der Waals surface area contributed by atoms with Gasteiger partial charge < -0.3 is 0 Å². The lowest BCUT2D eigenvalue weighted by molar-refractivity contribution is 0.236. The van der Waals surface area contributed by atoms with Crippen LogP contribution in [-0.2, 0) is 0 Å².